The highest BCUT2D eigenvalue weighted by Gasteiger charge is 2.38. The van der Waals surface area contributed by atoms with E-state index >= 15 is 0 Å². The van der Waals surface area contributed by atoms with Crippen molar-refractivity contribution in [3.63, 3.8) is 0 Å². The Morgan fingerprint density at radius 3 is 2.28 bits per heavy atom. The van der Waals surface area contributed by atoms with Gasteiger partial charge in [0.05, 0.1) is 11.3 Å². The van der Waals surface area contributed by atoms with E-state index in [1.807, 2.05) is 55.5 Å². The van der Waals surface area contributed by atoms with Gasteiger partial charge in [-0.25, -0.2) is 9.69 Å². The fourth-order valence-electron chi connectivity index (χ4n) is 4.00. The van der Waals surface area contributed by atoms with Gasteiger partial charge >= 0.3 is 5.97 Å². The number of carbonyl (C=O) groups excluding carboxylic acids is 3. The van der Waals surface area contributed by atoms with Crippen molar-refractivity contribution in [2.24, 2.45) is 0 Å². The van der Waals surface area contributed by atoms with Gasteiger partial charge in [-0.2, -0.15) is 0 Å². The number of ether oxygens (including phenoxy) is 1. The summed E-state index contributed by atoms with van der Waals surface area (Å²) in [5.41, 5.74) is 2.35. The third-order valence-electron chi connectivity index (χ3n) is 5.97. The Morgan fingerprint density at radius 1 is 0.861 bits per heavy atom. The molecule has 0 saturated heterocycles. The fraction of sp³-hybridized carbons (Fsp3) is 0.0690. The van der Waals surface area contributed by atoms with Crippen LogP contribution in [-0.2, 0) is 16.0 Å². The van der Waals surface area contributed by atoms with E-state index in [0.29, 0.717) is 22.7 Å². The van der Waals surface area contributed by atoms with Gasteiger partial charge in [0.15, 0.2) is 0 Å². The molecular formula is C29H21ClN2O4. The van der Waals surface area contributed by atoms with E-state index in [2.05, 4.69) is 5.32 Å². The van der Waals surface area contributed by atoms with Gasteiger partial charge in [0.1, 0.15) is 16.5 Å². The van der Waals surface area contributed by atoms with Crippen LogP contribution in [0.4, 0.5) is 11.4 Å². The number of hydrogen-bond acceptors (Lipinski definition) is 5. The lowest BCUT2D eigenvalue weighted by Gasteiger charge is -2.15. The van der Waals surface area contributed by atoms with Gasteiger partial charge < -0.3 is 10.1 Å². The summed E-state index contributed by atoms with van der Waals surface area (Å²) in [5.74, 6) is -1.18. The minimum atomic E-state index is -0.594. The molecule has 0 bridgehead atoms. The Kier molecular flexibility index (Phi) is 6.27. The van der Waals surface area contributed by atoms with E-state index in [9.17, 15) is 14.4 Å². The fourth-order valence-corrected chi connectivity index (χ4v) is 4.22. The van der Waals surface area contributed by atoms with Crippen molar-refractivity contribution in [1.29, 1.82) is 0 Å². The van der Waals surface area contributed by atoms with Crippen molar-refractivity contribution in [3.8, 4) is 5.75 Å². The summed E-state index contributed by atoms with van der Waals surface area (Å²) in [6.45, 7) is 2.02. The molecule has 36 heavy (non-hydrogen) atoms. The lowest BCUT2D eigenvalue weighted by atomic mass is 10.1. The number of carbonyl (C=O) groups is 3. The minimum Gasteiger partial charge on any atom is -0.422 e. The second kappa shape index (κ2) is 9.68. The highest BCUT2D eigenvalue weighted by molar-refractivity contribution is 6.53. The molecular weight excluding hydrogens is 476 g/mol. The first-order chi connectivity index (χ1) is 17.5. The zero-order valence-electron chi connectivity index (χ0n) is 19.3. The molecule has 1 aliphatic heterocycles. The third kappa shape index (κ3) is 4.34. The van der Waals surface area contributed by atoms with Crippen LogP contribution >= 0.6 is 11.6 Å². The number of aryl methyl sites for hydroxylation is 1. The summed E-state index contributed by atoms with van der Waals surface area (Å²) in [6, 6.07) is 26.7. The van der Waals surface area contributed by atoms with Crippen LogP contribution in [0.3, 0.4) is 0 Å². The second-order valence-corrected chi connectivity index (χ2v) is 8.60. The van der Waals surface area contributed by atoms with Gasteiger partial charge in [0.2, 0.25) is 0 Å². The topological polar surface area (TPSA) is 75.7 Å². The summed E-state index contributed by atoms with van der Waals surface area (Å²) in [6.07, 6.45) is 0.847. The number of esters is 1. The molecule has 1 aliphatic rings. The first-order valence-electron chi connectivity index (χ1n) is 11.4. The largest absolute Gasteiger partial charge is 0.422 e. The van der Waals surface area contributed by atoms with Crippen LogP contribution in [0.5, 0.6) is 5.75 Å². The maximum absolute atomic E-state index is 13.0. The number of hydrogen-bond donors (Lipinski definition) is 1. The van der Waals surface area contributed by atoms with E-state index < -0.39 is 17.8 Å². The van der Waals surface area contributed by atoms with E-state index in [4.69, 9.17) is 16.3 Å². The quantitative estimate of drug-likeness (QED) is 0.199. The van der Waals surface area contributed by atoms with Crippen LogP contribution in [0.2, 0.25) is 0 Å². The highest BCUT2D eigenvalue weighted by Crippen LogP contribution is 2.31. The predicted molar refractivity (Wildman–Crippen MR) is 140 cm³/mol. The molecule has 4 aromatic carbocycles. The number of fused-ring (bicyclic) bond motifs is 1. The standard InChI is InChI=1S/C29H21ClN2O4/c1-2-18-10-16-22(17-11-18)32-27(33)25(30)26(28(32)34)31-21-14-12-20(13-15-21)29(35)36-24-9-5-7-19-6-3-4-8-23(19)24/h3-17,31H,2H2,1H3. The van der Waals surface area contributed by atoms with Gasteiger partial charge in [-0.3, -0.25) is 9.59 Å². The van der Waals surface area contributed by atoms with E-state index in [1.165, 1.54) is 0 Å². The van der Waals surface area contributed by atoms with Crippen LogP contribution in [0, 0.1) is 0 Å². The van der Waals surface area contributed by atoms with Crippen LogP contribution in [0.1, 0.15) is 22.8 Å². The molecule has 0 unspecified atom stereocenters. The van der Waals surface area contributed by atoms with Crippen molar-refractivity contribution in [2.45, 2.75) is 13.3 Å². The average molecular weight is 497 g/mol. The Balaban J connectivity index is 1.31. The van der Waals surface area contributed by atoms with Crippen molar-refractivity contribution in [2.75, 3.05) is 10.2 Å². The smallest absolute Gasteiger partial charge is 0.343 e. The van der Waals surface area contributed by atoms with E-state index in [-0.39, 0.29) is 10.7 Å². The van der Waals surface area contributed by atoms with Gasteiger partial charge in [-0.05, 0) is 59.8 Å². The number of nitrogens with one attached hydrogen (secondary N) is 1. The second-order valence-electron chi connectivity index (χ2n) is 8.22. The molecule has 0 atom stereocenters. The monoisotopic (exact) mass is 496 g/mol. The van der Waals surface area contributed by atoms with Crippen molar-refractivity contribution in [3.05, 3.63) is 113 Å². The number of rotatable bonds is 6. The molecule has 4 aromatic rings. The molecule has 7 heteroatoms. The highest BCUT2D eigenvalue weighted by atomic mass is 35.5. The summed E-state index contributed by atoms with van der Waals surface area (Å²) in [7, 11) is 0. The van der Waals surface area contributed by atoms with Gasteiger partial charge in [0, 0.05) is 11.1 Å². The molecule has 0 spiro atoms. The third-order valence-corrected chi connectivity index (χ3v) is 6.32. The lowest BCUT2D eigenvalue weighted by molar-refractivity contribution is -0.120. The van der Waals surface area contributed by atoms with Crippen LogP contribution < -0.4 is 15.0 Å². The summed E-state index contributed by atoms with van der Waals surface area (Å²) < 4.78 is 5.62. The van der Waals surface area contributed by atoms with Crippen LogP contribution in [0.15, 0.2) is 102 Å². The molecule has 2 amide bonds. The number of imide groups is 1. The molecule has 0 aromatic heterocycles. The Morgan fingerprint density at radius 2 is 1.56 bits per heavy atom. The normalized spacial score (nSPS) is 13.4. The molecule has 1 N–H and O–H groups in total. The molecule has 0 radical (unpaired) electrons. The van der Waals surface area contributed by atoms with E-state index in [0.717, 1.165) is 27.7 Å². The molecule has 6 nitrogen and oxygen atoms in total. The molecule has 0 fully saturated rings. The molecule has 5 rings (SSSR count). The zero-order valence-corrected chi connectivity index (χ0v) is 20.1. The maximum atomic E-state index is 13.0. The van der Waals surface area contributed by atoms with Crippen molar-refractivity contribution < 1.29 is 19.1 Å². The average Bonchev–Trinajstić information content (AvgIpc) is 3.12. The van der Waals surface area contributed by atoms with Gasteiger partial charge in [-0.15, -0.1) is 0 Å². The van der Waals surface area contributed by atoms with Crippen LogP contribution in [0.25, 0.3) is 10.8 Å². The molecule has 1 heterocycles. The predicted octanol–water partition coefficient (Wildman–Crippen LogP) is 6.06. The van der Waals surface area contributed by atoms with E-state index in [1.54, 1.807) is 42.5 Å². The van der Waals surface area contributed by atoms with Crippen LogP contribution in [-0.4, -0.2) is 17.8 Å². The zero-order chi connectivity index (χ0) is 25.2. The molecule has 178 valence electrons. The molecule has 0 aliphatic carbocycles. The van der Waals surface area contributed by atoms with Crippen molar-refractivity contribution >= 4 is 51.5 Å². The summed E-state index contributed by atoms with van der Waals surface area (Å²) in [5, 5.41) is 4.53. The SMILES string of the molecule is CCc1ccc(N2C(=O)C(Cl)=C(Nc3ccc(C(=O)Oc4cccc5ccccc45)cc3)C2=O)cc1. The summed E-state index contributed by atoms with van der Waals surface area (Å²) >= 11 is 6.23. The first-order valence-corrected chi connectivity index (χ1v) is 11.8. The van der Waals surface area contributed by atoms with Gasteiger partial charge in [-0.1, -0.05) is 67.1 Å². The first kappa shape index (κ1) is 23.3. The van der Waals surface area contributed by atoms with Crippen molar-refractivity contribution in [1.82, 2.24) is 0 Å². The number of nitrogens with zero attached hydrogens (tertiary/aromatic N) is 1. The number of amides is 2. The van der Waals surface area contributed by atoms with Gasteiger partial charge in [0.25, 0.3) is 11.8 Å². The number of anilines is 2. The Labute approximate surface area is 212 Å². The Bertz CT molecular complexity index is 1520. The molecule has 0 saturated carbocycles. The number of benzene rings is 4. The minimum absolute atomic E-state index is 0.0210. The number of halogens is 1. The summed E-state index contributed by atoms with van der Waals surface area (Å²) in [4.78, 5) is 39.5. The lowest BCUT2D eigenvalue weighted by Crippen LogP contribution is -2.32. The maximum Gasteiger partial charge on any atom is 0.343 e. The Hall–Kier alpha value is -4.42.